The maximum Gasteiger partial charge on any atom is 0.329 e. The van der Waals surface area contributed by atoms with E-state index in [-0.39, 0.29) is 12.1 Å². The van der Waals surface area contributed by atoms with Crippen molar-refractivity contribution in [3.8, 4) is 0 Å². The van der Waals surface area contributed by atoms with Crippen molar-refractivity contribution in [3.05, 3.63) is 18.2 Å². The van der Waals surface area contributed by atoms with Crippen LogP contribution in [-0.2, 0) is 4.79 Å². The summed E-state index contributed by atoms with van der Waals surface area (Å²) in [6.45, 7) is 4.08. The molecule has 2 rings (SSSR count). The average molecular weight is 280 g/mol. The maximum atomic E-state index is 12.3. The van der Waals surface area contributed by atoms with Crippen molar-refractivity contribution in [2.45, 2.75) is 44.7 Å². The van der Waals surface area contributed by atoms with Crippen molar-refractivity contribution in [3.63, 3.8) is 0 Å². The molecular formula is C13H20N4O3. The van der Waals surface area contributed by atoms with Crippen LogP contribution in [0.15, 0.2) is 12.4 Å². The van der Waals surface area contributed by atoms with Gasteiger partial charge in [0.05, 0.1) is 6.04 Å². The molecule has 1 aliphatic heterocycles. The first-order valence-corrected chi connectivity index (χ1v) is 6.82. The molecule has 1 aliphatic rings. The van der Waals surface area contributed by atoms with Gasteiger partial charge in [-0.25, -0.2) is 14.6 Å². The van der Waals surface area contributed by atoms with E-state index in [2.05, 4.69) is 15.3 Å². The van der Waals surface area contributed by atoms with Crippen LogP contribution in [0.4, 0.5) is 4.79 Å². The number of imidazole rings is 1. The number of hydrogen-bond donors (Lipinski definition) is 3. The zero-order valence-electron chi connectivity index (χ0n) is 11.7. The molecule has 1 aromatic rings. The molecule has 1 saturated heterocycles. The first-order valence-electron chi connectivity index (χ1n) is 6.82. The number of rotatable bonds is 4. The fourth-order valence-electron chi connectivity index (χ4n) is 2.76. The molecule has 1 aromatic heterocycles. The third-order valence-electron chi connectivity index (χ3n) is 3.99. The molecule has 0 radical (unpaired) electrons. The van der Waals surface area contributed by atoms with E-state index in [0.29, 0.717) is 31.6 Å². The van der Waals surface area contributed by atoms with Crippen LogP contribution >= 0.6 is 0 Å². The fourth-order valence-corrected chi connectivity index (χ4v) is 2.76. The van der Waals surface area contributed by atoms with Crippen molar-refractivity contribution in [2.24, 2.45) is 0 Å². The predicted molar refractivity (Wildman–Crippen MR) is 72.1 cm³/mol. The largest absolute Gasteiger partial charge is 0.479 e. The van der Waals surface area contributed by atoms with Crippen LogP contribution < -0.4 is 5.32 Å². The number of likely N-dealkylation sites (tertiary alicyclic amines) is 1. The second kappa shape index (κ2) is 5.52. The van der Waals surface area contributed by atoms with Crippen molar-refractivity contribution < 1.29 is 14.7 Å². The summed E-state index contributed by atoms with van der Waals surface area (Å²) in [6.07, 6.45) is 4.91. The van der Waals surface area contributed by atoms with E-state index in [0.717, 1.165) is 0 Å². The number of carboxylic acid groups (broad SMARTS) is 1. The topological polar surface area (TPSA) is 98.3 Å². The first-order chi connectivity index (χ1) is 9.51. The number of H-pyrrole nitrogens is 1. The number of aromatic nitrogens is 2. The monoisotopic (exact) mass is 280 g/mol. The molecule has 3 N–H and O–H groups in total. The minimum atomic E-state index is -1.08. The summed E-state index contributed by atoms with van der Waals surface area (Å²) in [5, 5.41) is 12.3. The molecule has 7 heteroatoms. The molecule has 0 saturated carbocycles. The third-order valence-corrected chi connectivity index (χ3v) is 3.99. The van der Waals surface area contributed by atoms with Gasteiger partial charge >= 0.3 is 12.0 Å². The van der Waals surface area contributed by atoms with Crippen LogP contribution in [0.2, 0.25) is 0 Å². The summed E-state index contributed by atoms with van der Waals surface area (Å²) >= 11 is 0. The predicted octanol–water partition coefficient (Wildman–Crippen LogP) is 1.51. The van der Waals surface area contributed by atoms with E-state index >= 15 is 0 Å². The Morgan fingerprint density at radius 2 is 2.40 bits per heavy atom. The summed E-state index contributed by atoms with van der Waals surface area (Å²) in [7, 11) is 0. The van der Waals surface area contributed by atoms with Gasteiger partial charge in [-0.3, -0.25) is 0 Å². The highest BCUT2D eigenvalue weighted by Gasteiger charge is 2.48. The van der Waals surface area contributed by atoms with Gasteiger partial charge in [-0.2, -0.15) is 0 Å². The first kappa shape index (κ1) is 14.4. The quantitative estimate of drug-likeness (QED) is 0.778. The van der Waals surface area contributed by atoms with Crippen LogP contribution in [-0.4, -0.2) is 44.1 Å². The lowest BCUT2D eigenvalue weighted by molar-refractivity contribution is -0.148. The van der Waals surface area contributed by atoms with E-state index in [1.54, 1.807) is 26.2 Å². The van der Waals surface area contributed by atoms with Crippen LogP contribution in [0.25, 0.3) is 0 Å². The Morgan fingerprint density at radius 1 is 1.65 bits per heavy atom. The molecule has 110 valence electrons. The highest BCUT2D eigenvalue weighted by Crippen LogP contribution is 2.33. The maximum absolute atomic E-state index is 12.3. The lowest BCUT2D eigenvalue weighted by atomic mass is 9.93. The molecule has 0 bridgehead atoms. The molecule has 2 heterocycles. The van der Waals surface area contributed by atoms with Crippen molar-refractivity contribution >= 4 is 12.0 Å². The van der Waals surface area contributed by atoms with Gasteiger partial charge in [-0.15, -0.1) is 0 Å². The molecule has 2 unspecified atom stereocenters. The molecule has 20 heavy (non-hydrogen) atoms. The number of hydrogen-bond acceptors (Lipinski definition) is 3. The number of urea groups is 1. The summed E-state index contributed by atoms with van der Waals surface area (Å²) < 4.78 is 0. The van der Waals surface area contributed by atoms with E-state index in [4.69, 9.17) is 0 Å². The summed E-state index contributed by atoms with van der Waals surface area (Å²) in [5.74, 6) is -0.284. The Morgan fingerprint density at radius 3 is 2.95 bits per heavy atom. The summed E-state index contributed by atoms with van der Waals surface area (Å²) in [4.78, 5) is 32.3. The summed E-state index contributed by atoms with van der Waals surface area (Å²) in [5.41, 5.74) is -1.08. The normalized spacial score (nSPS) is 23.6. The SMILES string of the molecule is CCC1(C(=O)O)CCCN1C(=O)NC(C)c1ncc[nH]1. The van der Waals surface area contributed by atoms with Crippen molar-refractivity contribution in [2.75, 3.05) is 6.54 Å². The van der Waals surface area contributed by atoms with Gasteiger partial charge < -0.3 is 20.3 Å². The van der Waals surface area contributed by atoms with E-state index in [9.17, 15) is 14.7 Å². The number of carboxylic acids is 1. The third kappa shape index (κ3) is 2.35. The molecule has 0 aromatic carbocycles. The fraction of sp³-hybridized carbons (Fsp3) is 0.615. The highest BCUT2D eigenvalue weighted by molar-refractivity contribution is 5.87. The zero-order chi connectivity index (χ0) is 14.8. The van der Waals surface area contributed by atoms with Gasteiger partial charge in [-0.1, -0.05) is 6.92 Å². The van der Waals surface area contributed by atoms with Gasteiger partial charge in [-0.05, 0) is 26.2 Å². The highest BCUT2D eigenvalue weighted by atomic mass is 16.4. The van der Waals surface area contributed by atoms with Crippen LogP contribution in [0.3, 0.4) is 0 Å². The van der Waals surface area contributed by atoms with E-state index in [1.807, 2.05) is 0 Å². The minimum absolute atomic E-state index is 0.290. The van der Waals surface area contributed by atoms with Crippen LogP contribution in [0.5, 0.6) is 0 Å². The Kier molecular flexibility index (Phi) is 3.96. The van der Waals surface area contributed by atoms with Crippen LogP contribution in [0, 0.1) is 0 Å². The van der Waals surface area contributed by atoms with Gasteiger partial charge in [0.15, 0.2) is 0 Å². The Hall–Kier alpha value is -2.05. The van der Waals surface area contributed by atoms with Crippen LogP contribution in [0.1, 0.15) is 45.0 Å². The molecule has 1 fully saturated rings. The second-order valence-corrected chi connectivity index (χ2v) is 5.09. The number of aromatic amines is 1. The Labute approximate surface area is 117 Å². The zero-order valence-corrected chi connectivity index (χ0v) is 11.7. The lowest BCUT2D eigenvalue weighted by Gasteiger charge is -2.34. The minimum Gasteiger partial charge on any atom is -0.479 e. The van der Waals surface area contributed by atoms with Gasteiger partial charge in [0.25, 0.3) is 0 Å². The molecule has 7 nitrogen and oxygen atoms in total. The number of aliphatic carboxylic acids is 1. The number of carbonyl (C=O) groups is 2. The molecule has 2 amide bonds. The molecule has 0 spiro atoms. The lowest BCUT2D eigenvalue weighted by Crippen LogP contribution is -2.55. The number of amides is 2. The Bertz CT molecular complexity index is 488. The Balaban J connectivity index is 2.10. The molecule has 0 aliphatic carbocycles. The standard InChI is InChI=1S/C13H20N4O3/c1-3-13(11(18)19)5-4-8-17(13)12(20)16-9(2)10-14-6-7-15-10/h6-7,9H,3-5,8H2,1-2H3,(H,14,15)(H,16,20)(H,18,19). The molecular weight excluding hydrogens is 260 g/mol. The average Bonchev–Trinajstić information content (AvgIpc) is 3.08. The summed E-state index contributed by atoms with van der Waals surface area (Å²) in [6, 6.07) is -0.642. The van der Waals surface area contributed by atoms with E-state index in [1.165, 1.54) is 4.90 Å². The number of nitrogens with one attached hydrogen (secondary N) is 2. The second-order valence-electron chi connectivity index (χ2n) is 5.09. The molecule has 2 atom stereocenters. The van der Waals surface area contributed by atoms with Crippen molar-refractivity contribution in [1.82, 2.24) is 20.2 Å². The van der Waals surface area contributed by atoms with Crippen molar-refractivity contribution in [1.29, 1.82) is 0 Å². The van der Waals surface area contributed by atoms with Gasteiger partial charge in [0.1, 0.15) is 11.4 Å². The number of carbonyl (C=O) groups excluding carboxylic acids is 1. The van der Waals surface area contributed by atoms with E-state index < -0.39 is 11.5 Å². The van der Waals surface area contributed by atoms with Gasteiger partial charge in [0, 0.05) is 18.9 Å². The number of nitrogens with zero attached hydrogens (tertiary/aromatic N) is 2. The van der Waals surface area contributed by atoms with Gasteiger partial charge in [0.2, 0.25) is 0 Å². The smallest absolute Gasteiger partial charge is 0.329 e.